The van der Waals surface area contributed by atoms with Gasteiger partial charge in [-0.05, 0) is 66.9 Å². The number of ether oxygens (including phenoxy) is 1. The van der Waals surface area contributed by atoms with Crippen LogP contribution in [-0.2, 0) is 17.6 Å². The molecule has 1 atom stereocenters. The van der Waals surface area contributed by atoms with E-state index in [0.29, 0.717) is 38.3 Å². The van der Waals surface area contributed by atoms with E-state index in [1.54, 1.807) is 0 Å². The molecule has 34 heavy (non-hydrogen) atoms. The maximum Gasteiger partial charge on any atom is 0.416 e. The van der Waals surface area contributed by atoms with E-state index in [-0.39, 0.29) is 6.04 Å². The van der Waals surface area contributed by atoms with Crippen molar-refractivity contribution in [1.29, 1.82) is 0 Å². The van der Waals surface area contributed by atoms with Crippen LogP contribution in [0.2, 0.25) is 0 Å². The lowest BCUT2D eigenvalue weighted by atomic mass is 9.91. The molecule has 0 bridgehead atoms. The minimum absolute atomic E-state index is 0.278. The number of hydrogen-bond donors (Lipinski definition) is 1. The first-order valence-electron chi connectivity index (χ1n) is 11.2. The van der Waals surface area contributed by atoms with Gasteiger partial charge in [-0.15, -0.1) is 0 Å². The van der Waals surface area contributed by atoms with E-state index < -0.39 is 23.6 Å². The van der Waals surface area contributed by atoms with Crippen LogP contribution in [0.1, 0.15) is 41.1 Å². The summed E-state index contributed by atoms with van der Waals surface area (Å²) in [6.07, 6.45) is -3.39. The highest BCUT2D eigenvalue weighted by Gasteiger charge is 2.32. The smallest absolute Gasteiger partial charge is 0.416 e. The van der Waals surface area contributed by atoms with Crippen LogP contribution in [0.3, 0.4) is 0 Å². The second-order valence-electron chi connectivity index (χ2n) is 8.51. The van der Waals surface area contributed by atoms with Crippen LogP contribution >= 0.6 is 0 Å². The minimum atomic E-state index is -4.40. The predicted octanol–water partition coefficient (Wildman–Crippen LogP) is 6.17. The summed E-state index contributed by atoms with van der Waals surface area (Å²) >= 11 is 0. The van der Waals surface area contributed by atoms with Gasteiger partial charge in [-0.1, -0.05) is 54.6 Å². The third kappa shape index (κ3) is 5.78. The van der Waals surface area contributed by atoms with Gasteiger partial charge in [0.15, 0.2) is 0 Å². The normalized spacial score (nSPS) is 16.2. The standard InChI is InChI=1S/C27H26F3NO3/c28-27(29,30)23-10-6-20(7-11-23)25(31-16-14-22(15-17-31)26(32)33)21-8-12-24(13-9-21)34-18-19-4-2-1-3-5-19/h1-13,22,25H,14-18H2,(H,32,33). The number of carboxylic acids is 1. The van der Waals surface area contributed by atoms with Gasteiger partial charge in [0.2, 0.25) is 0 Å². The molecule has 4 rings (SSSR count). The van der Waals surface area contributed by atoms with Gasteiger partial charge in [-0.3, -0.25) is 9.69 Å². The average Bonchev–Trinajstić information content (AvgIpc) is 2.84. The molecule has 1 saturated heterocycles. The van der Waals surface area contributed by atoms with Crippen molar-refractivity contribution in [2.24, 2.45) is 5.92 Å². The third-order valence-electron chi connectivity index (χ3n) is 6.24. The molecule has 178 valence electrons. The van der Waals surface area contributed by atoms with Gasteiger partial charge in [0.05, 0.1) is 17.5 Å². The van der Waals surface area contributed by atoms with E-state index in [9.17, 15) is 23.1 Å². The van der Waals surface area contributed by atoms with E-state index in [1.165, 1.54) is 12.1 Å². The summed E-state index contributed by atoms with van der Waals surface area (Å²) in [5, 5.41) is 9.33. The molecule has 1 unspecified atom stereocenters. The Labute approximate surface area is 196 Å². The van der Waals surface area contributed by atoms with Crippen LogP contribution in [0, 0.1) is 5.92 Å². The number of carboxylic acid groups (broad SMARTS) is 1. The maximum absolute atomic E-state index is 13.1. The molecule has 0 spiro atoms. The van der Waals surface area contributed by atoms with Crippen molar-refractivity contribution in [3.05, 3.63) is 101 Å². The zero-order valence-electron chi connectivity index (χ0n) is 18.5. The number of aliphatic carboxylic acids is 1. The highest BCUT2D eigenvalue weighted by Crippen LogP contribution is 2.35. The zero-order valence-corrected chi connectivity index (χ0v) is 18.5. The fraction of sp³-hybridized carbons (Fsp3) is 0.296. The van der Waals surface area contributed by atoms with Crippen molar-refractivity contribution in [2.45, 2.75) is 31.7 Å². The summed E-state index contributed by atoms with van der Waals surface area (Å²) < 4.78 is 45.1. The summed E-state index contributed by atoms with van der Waals surface area (Å²) in [4.78, 5) is 13.5. The Morgan fingerprint density at radius 3 is 2.00 bits per heavy atom. The summed E-state index contributed by atoms with van der Waals surface area (Å²) in [5.41, 5.74) is 2.01. The third-order valence-corrected chi connectivity index (χ3v) is 6.24. The largest absolute Gasteiger partial charge is 0.489 e. The highest BCUT2D eigenvalue weighted by atomic mass is 19.4. The first kappa shape index (κ1) is 23.8. The van der Waals surface area contributed by atoms with Gasteiger partial charge in [0.25, 0.3) is 0 Å². The fourth-order valence-corrected chi connectivity index (χ4v) is 4.36. The van der Waals surface area contributed by atoms with Crippen molar-refractivity contribution in [2.75, 3.05) is 13.1 Å². The molecule has 1 fully saturated rings. The molecule has 0 amide bonds. The molecular formula is C27H26F3NO3. The van der Waals surface area contributed by atoms with Gasteiger partial charge in [-0.2, -0.15) is 13.2 Å². The van der Waals surface area contributed by atoms with Gasteiger partial charge >= 0.3 is 12.1 Å². The van der Waals surface area contributed by atoms with Crippen LogP contribution in [0.4, 0.5) is 13.2 Å². The van der Waals surface area contributed by atoms with Crippen LogP contribution in [0.25, 0.3) is 0 Å². The molecule has 0 aromatic heterocycles. The summed E-state index contributed by atoms with van der Waals surface area (Å²) in [6.45, 7) is 1.54. The van der Waals surface area contributed by atoms with E-state index in [4.69, 9.17) is 4.74 Å². The molecule has 0 aliphatic carbocycles. The molecule has 0 saturated carbocycles. The Morgan fingerprint density at radius 1 is 0.912 bits per heavy atom. The molecule has 1 N–H and O–H groups in total. The van der Waals surface area contributed by atoms with Gasteiger partial charge in [0.1, 0.15) is 12.4 Å². The monoisotopic (exact) mass is 469 g/mol. The predicted molar refractivity (Wildman–Crippen MR) is 122 cm³/mol. The zero-order chi connectivity index (χ0) is 24.1. The Balaban J connectivity index is 1.55. The molecule has 1 heterocycles. The van der Waals surface area contributed by atoms with Gasteiger partial charge in [-0.25, -0.2) is 0 Å². The quantitative estimate of drug-likeness (QED) is 0.450. The number of carbonyl (C=O) groups is 1. The molecule has 1 aliphatic rings. The van der Waals surface area contributed by atoms with Gasteiger partial charge < -0.3 is 9.84 Å². The first-order chi connectivity index (χ1) is 16.3. The number of benzene rings is 3. The van der Waals surface area contributed by atoms with Crippen LogP contribution in [0.15, 0.2) is 78.9 Å². The Morgan fingerprint density at radius 2 is 1.47 bits per heavy atom. The Bertz CT molecular complexity index is 1070. The molecule has 0 radical (unpaired) electrons. The molecular weight excluding hydrogens is 443 g/mol. The van der Waals surface area contributed by atoms with Crippen molar-refractivity contribution in [3.63, 3.8) is 0 Å². The van der Waals surface area contributed by atoms with Crippen LogP contribution in [0.5, 0.6) is 5.75 Å². The van der Waals surface area contributed by atoms with Crippen LogP contribution < -0.4 is 4.74 Å². The Hall–Kier alpha value is -3.32. The van der Waals surface area contributed by atoms with E-state index in [0.717, 1.165) is 28.8 Å². The molecule has 1 aliphatic heterocycles. The molecule has 7 heteroatoms. The lowest BCUT2D eigenvalue weighted by Gasteiger charge is -2.37. The van der Waals surface area contributed by atoms with E-state index >= 15 is 0 Å². The fourth-order valence-electron chi connectivity index (χ4n) is 4.36. The van der Waals surface area contributed by atoms with Crippen molar-refractivity contribution in [1.82, 2.24) is 4.90 Å². The topological polar surface area (TPSA) is 49.8 Å². The van der Waals surface area contributed by atoms with Crippen LogP contribution in [-0.4, -0.2) is 29.1 Å². The van der Waals surface area contributed by atoms with Crippen molar-refractivity contribution >= 4 is 5.97 Å². The number of rotatable bonds is 7. The summed E-state index contributed by atoms with van der Waals surface area (Å²) in [6, 6.07) is 22.3. The SMILES string of the molecule is O=C(O)C1CCN(C(c2ccc(OCc3ccccc3)cc2)c2ccc(C(F)(F)F)cc2)CC1. The van der Waals surface area contributed by atoms with E-state index in [1.807, 2.05) is 54.6 Å². The number of nitrogens with zero attached hydrogens (tertiary/aromatic N) is 1. The molecule has 3 aromatic carbocycles. The van der Waals surface area contributed by atoms with E-state index in [2.05, 4.69) is 4.90 Å². The lowest BCUT2D eigenvalue weighted by Crippen LogP contribution is -2.39. The number of alkyl halides is 3. The number of likely N-dealkylation sites (tertiary alicyclic amines) is 1. The molecule has 4 nitrogen and oxygen atoms in total. The number of halogens is 3. The van der Waals surface area contributed by atoms with Gasteiger partial charge in [0, 0.05) is 0 Å². The number of piperidine rings is 1. The lowest BCUT2D eigenvalue weighted by molar-refractivity contribution is -0.143. The summed E-state index contributed by atoms with van der Waals surface area (Å²) in [7, 11) is 0. The summed E-state index contributed by atoms with van der Waals surface area (Å²) in [5.74, 6) is -0.493. The van der Waals surface area contributed by atoms with Crippen molar-refractivity contribution < 1.29 is 27.8 Å². The number of hydrogen-bond acceptors (Lipinski definition) is 3. The minimum Gasteiger partial charge on any atom is -0.489 e. The molecule has 3 aromatic rings. The Kier molecular flexibility index (Phi) is 7.22. The van der Waals surface area contributed by atoms with Crippen molar-refractivity contribution in [3.8, 4) is 5.75 Å². The second-order valence-corrected chi connectivity index (χ2v) is 8.51. The maximum atomic E-state index is 13.1. The average molecular weight is 470 g/mol. The highest BCUT2D eigenvalue weighted by molar-refractivity contribution is 5.70. The first-order valence-corrected chi connectivity index (χ1v) is 11.2. The second kappa shape index (κ2) is 10.3.